The number of hydrogen-bond donors (Lipinski definition) is 2. The number of ether oxygens (including phenoxy) is 1. The van der Waals surface area contributed by atoms with Crippen LogP contribution in [0.5, 0.6) is 5.75 Å². The second-order valence-electron chi connectivity index (χ2n) is 5.12. The molecule has 0 amide bonds. The first-order valence-corrected chi connectivity index (χ1v) is 7.48. The van der Waals surface area contributed by atoms with Crippen LogP contribution in [0.3, 0.4) is 0 Å². The molecule has 3 heteroatoms. The molecule has 3 N–H and O–H groups in total. The minimum atomic E-state index is 0.708. The number of benzene rings is 2. The fourth-order valence-electron chi connectivity index (χ4n) is 2.46. The third kappa shape index (κ3) is 4.15. The van der Waals surface area contributed by atoms with Crippen LogP contribution in [0.1, 0.15) is 24.5 Å². The van der Waals surface area contributed by atoms with Gasteiger partial charge in [0.25, 0.3) is 0 Å². The number of aryl methyl sites for hydroxylation is 2. The van der Waals surface area contributed by atoms with Crippen molar-refractivity contribution < 1.29 is 4.74 Å². The smallest absolute Gasteiger partial charge is 0.141 e. The van der Waals surface area contributed by atoms with Crippen molar-refractivity contribution in [2.24, 2.45) is 0 Å². The highest BCUT2D eigenvalue weighted by molar-refractivity contribution is 5.54. The summed E-state index contributed by atoms with van der Waals surface area (Å²) in [7, 11) is 1.64. The molecule has 112 valence electrons. The zero-order valence-corrected chi connectivity index (χ0v) is 12.9. The monoisotopic (exact) mass is 284 g/mol. The van der Waals surface area contributed by atoms with E-state index in [0.29, 0.717) is 5.69 Å². The summed E-state index contributed by atoms with van der Waals surface area (Å²) in [6, 6.07) is 14.5. The van der Waals surface area contributed by atoms with Gasteiger partial charge in [0.2, 0.25) is 0 Å². The van der Waals surface area contributed by atoms with Crippen molar-refractivity contribution in [3.05, 3.63) is 53.6 Å². The standard InChI is InChI=1S/C18H24N2O/c1-3-15-8-4-5-9-17(15)20-12-6-7-14-10-11-18(21-2)16(19)13-14/h4-5,8-11,13,20H,3,6-7,12,19H2,1-2H3. The molecule has 0 aliphatic heterocycles. The lowest BCUT2D eigenvalue weighted by molar-refractivity contribution is 0.417. The summed E-state index contributed by atoms with van der Waals surface area (Å²) in [5.74, 6) is 0.744. The number of nitrogens with one attached hydrogen (secondary N) is 1. The third-order valence-electron chi connectivity index (χ3n) is 3.65. The Balaban J connectivity index is 1.83. The van der Waals surface area contributed by atoms with Gasteiger partial charge in [0.15, 0.2) is 0 Å². The van der Waals surface area contributed by atoms with Crippen LogP contribution in [-0.2, 0) is 12.8 Å². The molecule has 0 heterocycles. The molecule has 2 aromatic rings. The Bertz CT molecular complexity index is 581. The summed E-state index contributed by atoms with van der Waals surface area (Å²) in [5.41, 5.74) is 10.5. The SMILES string of the molecule is CCc1ccccc1NCCCc1ccc(OC)c(N)c1. The molecular formula is C18H24N2O. The number of para-hydroxylation sites is 1. The molecule has 0 aromatic heterocycles. The maximum Gasteiger partial charge on any atom is 0.141 e. The molecule has 0 unspecified atom stereocenters. The van der Waals surface area contributed by atoms with E-state index in [4.69, 9.17) is 10.5 Å². The van der Waals surface area contributed by atoms with Crippen LogP contribution in [0.15, 0.2) is 42.5 Å². The van der Waals surface area contributed by atoms with Gasteiger partial charge in [-0.2, -0.15) is 0 Å². The van der Waals surface area contributed by atoms with Gasteiger partial charge in [-0.25, -0.2) is 0 Å². The fourth-order valence-corrected chi connectivity index (χ4v) is 2.46. The highest BCUT2D eigenvalue weighted by Crippen LogP contribution is 2.22. The molecule has 0 aliphatic rings. The summed E-state index contributed by atoms with van der Waals surface area (Å²) in [6.07, 6.45) is 3.14. The first-order chi connectivity index (χ1) is 10.2. The second kappa shape index (κ2) is 7.58. The molecule has 0 saturated heterocycles. The maximum atomic E-state index is 5.92. The van der Waals surface area contributed by atoms with E-state index in [1.165, 1.54) is 16.8 Å². The molecule has 0 aliphatic carbocycles. The lowest BCUT2D eigenvalue weighted by Gasteiger charge is -2.11. The van der Waals surface area contributed by atoms with Crippen LogP contribution in [0, 0.1) is 0 Å². The number of hydrogen-bond acceptors (Lipinski definition) is 3. The normalized spacial score (nSPS) is 10.4. The minimum Gasteiger partial charge on any atom is -0.495 e. The fraction of sp³-hybridized carbons (Fsp3) is 0.333. The van der Waals surface area contributed by atoms with Gasteiger partial charge in [-0.15, -0.1) is 0 Å². The zero-order chi connectivity index (χ0) is 15.1. The Morgan fingerprint density at radius 2 is 1.95 bits per heavy atom. The van der Waals surface area contributed by atoms with Gasteiger partial charge in [0.1, 0.15) is 5.75 Å². The molecule has 3 nitrogen and oxygen atoms in total. The Hall–Kier alpha value is -2.16. The van der Waals surface area contributed by atoms with Crippen molar-refractivity contribution in [1.82, 2.24) is 0 Å². The molecule has 21 heavy (non-hydrogen) atoms. The molecule has 0 atom stereocenters. The van der Waals surface area contributed by atoms with E-state index in [1.54, 1.807) is 7.11 Å². The largest absolute Gasteiger partial charge is 0.495 e. The average molecular weight is 284 g/mol. The first kappa shape index (κ1) is 15.2. The van der Waals surface area contributed by atoms with E-state index < -0.39 is 0 Å². The summed E-state index contributed by atoms with van der Waals surface area (Å²) < 4.78 is 5.17. The molecule has 0 spiro atoms. The van der Waals surface area contributed by atoms with Crippen LogP contribution in [0.4, 0.5) is 11.4 Å². The van der Waals surface area contributed by atoms with E-state index in [1.807, 2.05) is 12.1 Å². The van der Waals surface area contributed by atoms with Gasteiger partial charge in [-0.3, -0.25) is 0 Å². The van der Waals surface area contributed by atoms with E-state index in [0.717, 1.165) is 31.6 Å². The van der Waals surface area contributed by atoms with Crippen molar-refractivity contribution in [2.45, 2.75) is 26.2 Å². The van der Waals surface area contributed by atoms with Gasteiger partial charge in [-0.1, -0.05) is 31.2 Å². The average Bonchev–Trinajstić information content (AvgIpc) is 2.52. The number of anilines is 2. The number of rotatable bonds is 7. The van der Waals surface area contributed by atoms with Crippen LogP contribution >= 0.6 is 0 Å². The molecule has 2 rings (SSSR count). The topological polar surface area (TPSA) is 47.3 Å². The molecule has 0 saturated carbocycles. The molecule has 0 bridgehead atoms. The van der Waals surface area contributed by atoms with E-state index in [9.17, 15) is 0 Å². The molecule has 2 aromatic carbocycles. The Kier molecular flexibility index (Phi) is 5.50. The Morgan fingerprint density at radius 1 is 1.14 bits per heavy atom. The van der Waals surface area contributed by atoms with Crippen LogP contribution < -0.4 is 15.8 Å². The van der Waals surface area contributed by atoms with Crippen molar-refractivity contribution in [3.8, 4) is 5.75 Å². The van der Waals surface area contributed by atoms with E-state index in [-0.39, 0.29) is 0 Å². The van der Waals surface area contributed by atoms with Crippen LogP contribution in [0.2, 0.25) is 0 Å². The van der Waals surface area contributed by atoms with Crippen molar-refractivity contribution in [2.75, 3.05) is 24.7 Å². The van der Waals surface area contributed by atoms with Gasteiger partial charge in [-0.05, 0) is 48.6 Å². The molecule has 0 radical (unpaired) electrons. The Morgan fingerprint density at radius 3 is 2.67 bits per heavy atom. The third-order valence-corrected chi connectivity index (χ3v) is 3.65. The van der Waals surface area contributed by atoms with E-state index in [2.05, 4.69) is 42.6 Å². The predicted molar refractivity (Wildman–Crippen MR) is 90.0 cm³/mol. The summed E-state index contributed by atoms with van der Waals surface area (Å²) in [6.45, 7) is 3.14. The maximum absolute atomic E-state index is 5.92. The summed E-state index contributed by atoms with van der Waals surface area (Å²) >= 11 is 0. The van der Waals surface area contributed by atoms with E-state index >= 15 is 0 Å². The highest BCUT2D eigenvalue weighted by Gasteiger charge is 2.02. The van der Waals surface area contributed by atoms with Gasteiger partial charge < -0.3 is 15.8 Å². The summed E-state index contributed by atoms with van der Waals surface area (Å²) in [5, 5.41) is 3.52. The predicted octanol–water partition coefficient (Wildman–Crippen LogP) is 3.88. The van der Waals surface area contributed by atoms with Gasteiger partial charge in [0.05, 0.1) is 12.8 Å². The molecule has 0 fully saturated rings. The molecular weight excluding hydrogens is 260 g/mol. The Labute approximate surface area is 127 Å². The zero-order valence-electron chi connectivity index (χ0n) is 12.9. The number of methoxy groups -OCH3 is 1. The second-order valence-corrected chi connectivity index (χ2v) is 5.12. The summed E-state index contributed by atoms with van der Waals surface area (Å²) in [4.78, 5) is 0. The van der Waals surface area contributed by atoms with Crippen molar-refractivity contribution >= 4 is 11.4 Å². The van der Waals surface area contributed by atoms with Crippen molar-refractivity contribution in [1.29, 1.82) is 0 Å². The lowest BCUT2D eigenvalue weighted by Crippen LogP contribution is -2.05. The highest BCUT2D eigenvalue weighted by atomic mass is 16.5. The van der Waals surface area contributed by atoms with Crippen LogP contribution in [-0.4, -0.2) is 13.7 Å². The minimum absolute atomic E-state index is 0.708. The lowest BCUT2D eigenvalue weighted by atomic mass is 10.1. The van der Waals surface area contributed by atoms with Gasteiger partial charge in [0, 0.05) is 12.2 Å². The van der Waals surface area contributed by atoms with Gasteiger partial charge >= 0.3 is 0 Å². The first-order valence-electron chi connectivity index (χ1n) is 7.48. The van der Waals surface area contributed by atoms with Crippen molar-refractivity contribution in [3.63, 3.8) is 0 Å². The number of nitrogen functional groups attached to an aromatic ring is 1. The van der Waals surface area contributed by atoms with Crippen LogP contribution in [0.25, 0.3) is 0 Å². The quantitative estimate of drug-likeness (QED) is 0.599. The number of nitrogens with two attached hydrogens (primary N) is 1.